The number of unbranched alkanes of at least 4 members (excludes halogenated alkanes) is 6. The summed E-state index contributed by atoms with van der Waals surface area (Å²) >= 11 is 0. The number of rotatable bonds is 14. The first-order valence-electron chi connectivity index (χ1n) is 15.2. The summed E-state index contributed by atoms with van der Waals surface area (Å²) in [4.78, 5) is 13.2. The van der Waals surface area contributed by atoms with Gasteiger partial charge >= 0.3 is 5.97 Å². The number of nitrogens with zero attached hydrogens (tertiary/aromatic N) is 1. The van der Waals surface area contributed by atoms with Crippen LogP contribution in [0.3, 0.4) is 0 Å². The Labute approximate surface area is 245 Å². The predicted octanol–water partition coefficient (Wildman–Crippen LogP) is 10.4. The van der Waals surface area contributed by atoms with Crippen LogP contribution < -0.4 is 4.74 Å². The first kappa shape index (κ1) is 29.8. The summed E-state index contributed by atoms with van der Waals surface area (Å²) in [7, 11) is 0. The van der Waals surface area contributed by atoms with E-state index in [2.05, 4.69) is 62.4 Å². The lowest BCUT2D eigenvalue weighted by Crippen LogP contribution is -2.09. The maximum absolute atomic E-state index is 13.2. The molecule has 0 fully saturated rings. The van der Waals surface area contributed by atoms with E-state index in [1.807, 2.05) is 36.4 Å². The Bertz CT molecular complexity index is 1480. The van der Waals surface area contributed by atoms with Gasteiger partial charge in [0.05, 0.1) is 11.1 Å². The molecule has 0 unspecified atom stereocenters. The highest BCUT2D eigenvalue weighted by atomic mass is 16.5. The number of ether oxygens (including phenoxy) is 1. The van der Waals surface area contributed by atoms with Crippen LogP contribution in [0, 0.1) is 11.3 Å². The molecule has 41 heavy (non-hydrogen) atoms. The second kappa shape index (κ2) is 15.6. The SMILES string of the molecule is CCCCCCCc1ccc(OC(=O)c2cccc(-c3ccccc3-c3cccc(CCCCC)c3)c2)c(C#N)c1. The monoisotopic (exact) mass is 543 g/mol. The number of aryl methyl sites for hydroxylation is 2. The molecule has 0 aliphatic carbocycles. The van der Waals surface area contributed by atoms with E-state index < -0.39 is 5.97 Å². The topological polar surface area (TPSA) is 50.1 Å². The van der Waals surface area contributed by atoms with Gasteiger partial charge in [0.1, 0.15) is 11.8 Å². The van der Waals surface area contributed by atoms with Gasteiger partial charge in [-0.15, -0.1) is 0 Å². The molecule has 0 bridgehead atoms. The van der Waals surface area contributed by atoms with Crippen molar-refractivity contribution >= 4 is 5.97 Å². The predicted molar refractivity (Wildman–Crippen MR) is 169 cm³/mol. The van der Waals surface area contributed by atoms with E-state index in [9.17, 15) is 10.1 Å². The van der Waals surface area contributed by atoms with Crippen molar-refractivity contribution < 1.29 is 9.53 Å². The highest BCUT2D eigenvalue weighted by Gasteiger charge is 2.15. The van der Waals surface area contributed by atoms with Gasteiger partial charge in [0.25, 0.3) is 0 Å². The largest absolute Gasteiger partial charge is 0.422 e. The molecule has 0 N–H and O–H groups in total. The minimum atomic E-state index is -0.467. The van der Waals surface area contributed by atoms with Crippen LogP contribution in [0.4, 0.5) is 0 Å². The van der Waals surface area contributed by atoms with Crippen molar-refractivity contribution in [2.45, 2.75) is 78.1 Å². The molecule has 4 aromatic carbocycles. The quantitative estimate of drug-likeness (QED) is 0.0903. The molecule has 0 aliphatic heterocycles. The lowest BCUT2D eigenvalue weighted by Gasteiger charge is -2.13. The van der Waals surface area contributed by atoms with Crippen LogP contribution in [0.2, 0.25) is 0 Å². The summed E-state index contributed by atoms with van der Waals surface area (Å²) in [5.41, 5.74) is 7.61. The minimum absolute atomic E-state index is 0.304. The van der Waals surface area contributed by atoms with E-state index in [0.29, 0.717) is 16.9 Å². The van der Waals surface area contributed by atoms with Crippen molar-refractivity contribution in [3.8, 4) is 34.1 Å². The van der Waals surface area contributed by atoms with Crippen molar-refractivity contribution in [2.24, 2.45) is 0 Å². The first-order valence-corrected chi connectivity index (χ1v) is 15.2. The number of hydrogen-bond donors (Lipinski definition) is 0. The molecule has 0 saturated carbocycles. The Morgan fingerprint density at radius 2 is 1.27 bits per heavy atom. The number of hydrogen-bond acceptors (Lipinski definition) is 3. The second-order valence-corrected chi connectivity index (χ2v) is 10.8. The van der Waals surface area contributed by atoms with E-state index in [4.69, 9.17) is 4.74 Å². The van der Waals surface area contributed by atoms with Gasteiger partial charge in [-0.05, 0) is 83.3 Å². The first-order chi connectivity index (χ1) is 20.1. The van der Waals surface area contributed by atoms with Crippen molar-refractivity contribution in [3.63, 3.8) is 0 Å². The van der Waals surface area contributed by atoms with Crippen molar-refractivity contribution in [2.75, 3.05) is 0 Å². The third-order valence-corrected chi connectivity index (χ3v) is 7.58. The molecule has 0 heterocycles. The number of benzene rings is 4. The number of esters is 1. The molecule has 4 aromatic rings. The third-order valence-electron chi connectivity index (χ3n) is 7.58. The molecule has 3 nitrogen and oxygen atoms in total. The molecule has 0 aromatic heterocycles. The number of carbonyl (C=O) groups is 1. The molecule has 210 valence electrons. The van der Waals surface area contributed by atoms with Crippen LogP contribution in [0.25, 0.3) is 22.3 Å². The van der Waals surface area contributed by atoms with Crippen LogP contribution in [-0.4, -0.2) is 5.97 Å². The van der Waals surface area contributed by atoms with Crippen LogP contribution in [-0.2, 0) is 12.8 Å². The highest BCUT2D eigenvalue weighted by molar-refractivity contribution is 5.94. The van der Waals surface area contributed by atoms with Gasteiger partial charge in [0.15, 0.2) is 0 Å². The molecule has 0 amide bonds. The smallest absolute Gasteiger partial charge is 0.343 e. The van der Waals surface area contributed by atoms with Crippen LogP contribution in [0.5, 0.6) is 5.75 Å². The molecule has 0 atom stereocenters. The van der Waals surface area contributed by atoms with Gasteiger partial charge in [-0.25, -0.2) is 4.79 Å². The molecular formula is C38H41NO2. The van der Waals surface area contributed by atoms with Gasteiger partial charge in [-0.3, -0.25) is 0 Å². The number of carbonyl (C=O) groups excluding carboxylic acids is 1. The van der Waals surface area contributed by atoms with Crippen LogP contribution in [0.1, 0.15) is 92.3 Å². The Balaban J connectivity index is 1.51. The van der Waals surface area contributed by atoms with E-state index in [-0.39, 0.29) is 0 Å². The molecule has 3 heteroatoms. The second-order valence-electron chi connectivity index (χ2n) is 10.8. The summed E-state index contributed by atoms with van der Waals surface area (Å²) < 4.78 is 5.74. The molecule has 0 aliphatic rings. The van der Waals surface area contributed by atoms with Gasteiger partial charge in [0.2, 0.25) is 0 Å². The molecule has 0 saturated heterocycles. The number of nitriles is 1. The summed E-state index contributed by atoms with van der Waals surface area (Å²) in [6.45, 7) is 4.44. The molecular weight excluding hydrogens is 502 g/mol. The van der Waals surface area contributed by atoms with E-state index >= 15 is 0 Å². The van der Waals surface area contributed by atoms with Crippen molar-refractivity contribution in [1.82, 2.24) is 0 Å². The average molecular weight is 544 g/mol. The van der Waals surface area contributed by atoms with Crippen LogP contribution >= 0.6 is 0 Å². The van der Waals surface area contributed by atoms with Gasteiger partial charge in [0, 0.05) is 0 Å². The fraction of sp³-hybridized carbons (Fsp3) is 0.316. The Morgan fingerprint density at radius 3 is 1.98 bits per heavy atom. The lowest BCUT2D eigenvalue weighted by molar-refractivity contribution is 0.0734. The molecule has 0 spiro atoms. The maximum Gasteiger partial charge on any atom is 0.343 e. The maximum atomic E-state index is 13.2. The van der Waals surface area contributed by atoms with Crippen molar-refractivity contribution in [1.29, 1.82) is 5.26 Å². The normalized spacial score (nSPS) is 10.8. The Morgan fingerprint density at radius 1 is 0.659 bits per heavy atom. The third kappa shape index (κ3) is 8.41. The molecule has 4 rings (SSSR count). The van der Waals surface area contributed by atoms with Gasteiger partial charge in [-0.2, -0.15) is 5.26 Å². The van der Waals surface area contributed by atoms with Crippen LogP contribution in [0.15, 0.2) is 91.0 Å². The van der Waals surface area contributed by atoms with Gasteiger partial charge < -0.3 is 4.74 Å². The fourth-order valence-corrected chi connectivity index (χ4v) is 5.27. The van der Waals surface area contributed by atoms with E-state index in [1.54, 1.807) is 12.1 Å². The van der Waals surface area contributed by atoms with E-state index in [1.165, 1.54) is 56.1 Å². The zero-order chi connectivity index (χ0) is 28.9. The standard InChI is InChI=1S/C38H41NO2/c1-3-5-7-8-10-16-30-23-24-37(34(26-30)28-39)41-38(40)33-20-14-19-32(27-33)36-22-12-11-21-35(36)31-18-13-17-29(25-31)15-9-6-4-2/h11-14,17-27H,3-10,15-16H2,1-2H3. The zero-order valence-corrected chi connectivity index (χ0v) is 24.5. The van der Waals surface area contributed by atoms with E-state index in [0.717, 1.165) is 41.5 Å². The Kier molecular flexibility index (Phi) is 11.3. The Hall–Kier alpha value is -4.16. The lowest BCUT2D eigenvalue weighted by atomic mass is 9.92. The zero-order valence-electron chi connectivity index (χ0n) is 24.5. The summed E-state index contributed by atoms with van der Waals surface area (Å²) in [6.07, 6.45) is 11.7. The van der Waals surface area contributed by atoms with Crippen molar-refractivity contribution in [3.05, 3.63) is 113 Å². The summed E-state index contributed by atoms with van der Waals surface area (Å²) in [5, 5.41) is 9.74. The average Bonchev–Trinajstić information content (AvgIpc) is 3.02. The molecule has 0 radical (unpaired) electrons. The summed E-state index contributed by atoms with van der Waals surface area (Å²) in [6, 6.07) is 32.4. The fourth-order valence-electron chi connectivity index (χ4n) is 5.27. The summed E-state index contributed by atoms with van der Waals surface area (Å²) in [5.74, 6) is -0.163. The van der Waals surface area contributed by atoms with Gasteiger partial charge in [-0.1, -0.05) is 119 Å². The minimum Gasteiger partial charge on any atom is -0.422 e. The highest BCUT2D eigenvalue weighted by Crippen LogP contribution is 2.33.